The summed E-state index contributed by atoms with van der Waals surface area (Å²) in [4.78, 5) is 94.5. The van der Waals surface area contributed by atoms with Crippen molar-refractivity contribution in [2.75, 3.05) is 59.4 Å². The van der Waals surface area contributed by atoms with Gasteiger partial charge in [-0.1, -0.05) is 65.2 Å². The van der Waals surface area contributed by atoms with Gasteiger partial charge in [0, 0.05) is 57.6 Å². The van der Waals surface area contributed by atoms with Crippen molar-refractivity contribution in [2.45, 2.75) is 142 Å². The molecule has 0 fully saturated rings. The van der Waals surface area contributed by atoms with E-state index in [9.17, 15) is 48.6 Å². The highest BCUT2D eigenvalue weighted by Gasteiger charge is 2.25. The Bertz CT molecular complexity index is 1210. The lowest BCUT2D eigenvalue weighted by Gasteiger charge is -2.16. The monoisotopic (exact) mass is 830 g/mol. The van der Waals surface area contributed by atoms with Crippen LogP contribution in [-0.4, -0.2) is 128 Å². The van der Waals surface area contributed by atoms with Gasteiger partial charge in [-0.2, -0.15) is 0 Å². The summed E-state index contributed by atoms with van der Waals surface area (Å²) >= 11 is 0. The molecule has 0 saturated heterocycles. The molecule has 0 aliphatic heterocycles. The van der Waals surface area contributed by atoms with E-state index in [1.165, 1.54) is 0 Å². The third kappa shape index (κ3) is 34.3. The van der Waals surface area contributed by atoms with Gasteiger partial charge in [0.2, 0.25) is 11.8 Å². The van der Waals surface area contributed by atoms with Crippen LogP contribution in [0.1, 0.15) is 136 Å². The van der Waals surface area contributed by atoms with Gasteiger partial charge in [-0.25, -0.2) is 4.79 Å². The molecule has 17 heteroatoms. The fraction of sp³-hybridized carbons (Fsp3) is 0.805. The lowest BCUT2D eigenvalue weighted by molar-refractivity contribution is -0.145. The van der Waals surface area contributed by atoms with Crippen LogP contribution in [0.2, 0.25) is 0 Å². The first-order valence-electron chi connectivity index (χ1n) is 20.8. The number of unbranched alkanes of at least 4 members (excludes halogenated alkanes) is 9. The predicted molar refractivity (Wildman–Crippen MR) is 212 cm³/mol. The number of hydrogen-bond donors (Lipinski definition) is 5. The Morgan fingerprint density at radius 2 is 1.03 bits per heavy atom. The molecule has 2 amide bonds. The van der Waals surface area contributed by atoms with E-state index in [1.807, 2.05) is 0 Å². The van der Waals surface area contributed by atoms with Crippen molar-refractivity contribution in [3.05, 3.63) is 0 Å². The van der Waals surface area contributed by atoms with Crippen LogP contribution in [0.3, 0.4) is 0 Å². The number of ketones is 3. The Morgan fingerprint density at radius 1 is 0.500 bits per heavy atom. The SMILES string of the molecule is CC(C)C(=O)COCCOCCNC(=O)COCCOCCCC(=O)CC[C@H](NC(=O)CC[C@H](CC(=O)CCCCCCCCCCCCC(=O)O)C(=O)O)C(=O)O. The molecule has 58 heavy (non-hydrogen) atoms. The van der Waals surface area contributed by atoms with Crippen LogP contribution in [0.25, 0.3) is 0 Å². The van der Waals surface area contributed by atoms with Crippen LogP contribution in [0.15, 0.2) is 0 Å². The fourth-order valence-electron chi connectivity index (χ4n) is 5.59. The van der Waals surface area contributed by atoms with Gasteiger partial charge in [0.15, 0.2) is 5.78 Å². The third-order valence-electron chi connectivity index (χ3n) is 9.16. The zero-order valence-electron chi connectivity index (χ0n) is 34.8. The maximum atomic E-state index is 12.5. The maximum absolute atomic E-state index is 12.5. The van der Waals surface area contributed by atoms with Crippen molar-refractivity contribution in [3.8, 4) is 0 Å². The van der Waals surface area contributed by atoms with E-state index in [4.69, 9.17) is 24.1 Å². The van der Waals surface area contributed by atoms with Crippen LogP contribution in [0, 0.1) is 11.8 Å². The summed E-state index contributed by atoms with van der Waals surface area (Å²) in [6.07, 6.45) is 9.64. The maximum Gasteiger partial charge on any atom is 0.326 e. The second-order valence-electron chi connectivity index (χ2n) is 14.7. The van der Waals surface area contributed by atoms with Crippen molar-refractivity contribution < 1.29 is 72.6 Å². The van der Waals surface area contributed by atoms with E-state index < -0.39 is 35.8 Å². The number of rotatable bonds is 42. The van der Waals surface area contributed by atoms with Crippen LogP contribution in [0.5, 0.6) is 0 Å². The minimum absolute atomic E-state index is 0.0239. The first-order chi connectivity index (χ1) is 27.7. The topological polar surface area (TPSA) is 258 Å². The molecule has 0 radical (unpaired) electrons. The molecule has 0 aromatic rings. The number of nitrogens with one attached hydrogen (secondary N) is 2. The zero-order chi connectivity index (χ0) is 43.4. The van der Waals surface area contributed by atoms with Gasteiger partial charge < -0.3 is 44.9 Å². The quantitative estimate of drug-likeness (QED) is 0.0538. The summed E-state index contributed by atoms with van der Waals surface area (Å²) in [5.41, 5.74) is 0. The van der Waals surface area contributed by atoms with E-state index >= 15 is 0 Å². The molecule has 17 nitrogen and oxygen atoms in total. The minimum Gasteiger partial charge on any atom is -0.481 e. The van der Waals surface area contributed by atoms with E-state index in [-0.39, 0.29) is 127 Å². The molecule has 0 aliphatic rings. The van der Waals surface area contributed by atoms with Crippen LogP contribution in [-0.2, 0) is 57.3 Å². The van der Waals surface area contributed by atoms with Crippen LogP contribution >= 0.6 is 0 Å². The van der Waals surface area contributed by atoms with E-state index in [1.54, 1.807) is 13.8 Å². The lowest BCUT2D eigenvalue weighted by Crippen LogP contribution is -2.41. The van der Waals surface area contributed by atoms with Crippen LogP contribution in [0.4, 0.5) is 0 Å². The molecule has 0 aromatic carbocycles. The molecule has 0 unspecified atom stereocenters. The van der Waals surface area contributed by atoms with Gasteiger partial charge in [0.1, 0.15) is 30.8 Å². The molecule has 334 valence electrons. The highest BCUT2D eigenvalue weighted by molar-refractivity contribution is 5.86. The number of carbonyl (C=O) groups is 8. The van der Waals surface area contributed by atoms with Crippen molar-refractivity contribution in [1.29, 1.82) is 0 Å². The zero-order valence-corrected chi connectivity index (χ0v) is 34.8. The van der Waals surface area contributed by atoms with E-state index in [0.717, 1.165) is 51.4 Å². The first kappa shape index (κ1) is 54.2. The van der Waals surface area contributed by atoms with E-state index in [0.29, 0.717) is 32.4 Å². The molecule has 0 bridgehead atoms. The van der Waals surface area contributed by atoms with Crippen molar-refractivity contribution in [1.82, 2.24) is 10.6 Å². The summed E-state index contributed by atoms with van der Waals surface area (Å²) in [6, 6.07) is -1.32. The number of carboxylic acid groups (broad SMARTS) is 3. The van der Waals surface area contributed by atoms with Crippen molar-refractivity contribution in [3.63, 3.8) is 0 Å². The van der Waals surface area contributed by atoms with Gasteiger partial charge in [0.25, 0.3) is 0 Å². The molecule has 0 aliphatic carbocycles. The Balaban J connectivity index is 4.02. The minimum atomic E-state index is -1.32. The highest BCUT2D eigenvalue weighted by atomic mass is 16.5. The Hall–Kier alpha value is -3.80. The molecule has 5 N–H and O–H groups in total. The second kappa shape index (κ2) is 36.3. The van der Waals surface area contributed by atoms with Crippen LogP contribution < -0.4 is 10.6 Å². The standard InChI is InChI=1S/C41H70N2O15/c1-31(2)36(46)29-57-26-25-56-23-21-42-38(48)30-58-27-24-55-22-13-15-33(44)18-19-35(41(53)54)43-37(47)20-17-32(40(51)52)28-34(45)14-11-9-7-5-3-4-6-8-10-12-16-39(49)50/h31-32,35H,3-30H2,1-2H3,(H,42,48)(H,43,47)(H,49,50)(H,51,52)(H,53,54)/t32-,35+/m1/s1. The summed E-state index contributed by atoms with van der Waals surface area (Å²) in [5.74, 6) is -5.77. The Kier molecular flexibility index (Phi) is 33.9. The second-order valence-corrected chi connectivity index (χ2v) is 14.7. The van der Waals surface area contributed by atoms with Gasteiger partial charge in [-0.05, 0) is 32.1 Å². The number of hydrogen-bond acceptors (Lipinski definition) is 12. The molecule has 0 saturated carbocycles. The Labute approximate surface area is 343 Å². The number of amides is 2. The summed E-state index contributed by atoms with van der Waals surface area (Å²) in [7, 11) is 0. The number of carbonyl (C=O) groups excluding carboxylic acids is 5. The molecule has 0 spiro atoms. The predicted octanol–water partition coefficient (Wildman–Crippen LogP) is 4.30. The van der Waals surface area contributed by atoms with Gasteiger partial charge in [0.05, 0.1) is 39.0 Å². The molecular weight excluding hydrogens is 760 g/mol. The molecule has 2 atom stereocenters. The lowest BCUT2D eigenvalue weighted by atomic mass is 9.94. The molecular formula is C41H70N2O15. The fourth-order valence-corrected chi connectivity index (χ4v) is 5.59. The summed E-state index contributed by atoms with van der Waals surface area (Å²) in [6.45, 7) is 5.29. The van der Waals surface area contributed by atoms with E-state index in [2.05, 4.69) is 10.6 Å². The third-order valence-corrected chi connectivity index (χ3v) is 9.16. The van der Waals surface area contributed by atoms with Gasteiger partial charge in [-0.15, -0.1) is 0 Å². The average molecular weight is 831 g/mol. The van der Waals surface area contributed by atoms with Crippen molar-refractivity contribution in [2.24, 2.45) is 11.8 Å². The van der Waals surface area contributed by atoms with Gasteiger partial charge in [-0.3, -0.25) is 33.6 Å². The number of ether oxygens (including phenoxy) is 4. The molecule has 0 rings (SSSR count). The largest absolute Gasteiger partial charge is 0.481 e. The first-order valence-corrected chi connectivity index (χ1v) is 20.8. The molecule has 0 heterocycles. The smallest absolute Gasteiger partial charge is 0.326 e. The average Bonchev–Trinajstić information content (AvgIpc) is 3.16. The number of Topliss-reactive ketones (excluding diaryl/α,β-unsaturated/α-hetero) is 3. The summed E-state index contributed by atoms with van der Waals surface area (Å²) < 4.78 is 21.2. The van der Waals surface area contributed by atoms with Gasteiger partial charge >= 0.3 is 17.9 Å². The molecule has 0 aromatic heterocycles. The number of aliphatic carboxylic acids is 3. The Morgan fingerprint density at radius 3 is 1.60 bits per heavy atom. The highest BCUT2D eigenvalue weighted by Crippen LogP contribution is 2.17. The summed E-state index contributed by atoms with van der Waals surface area (Å²) in [5, 5.41) is 32.8. The van der Waals surface area contributed by atoms with Crippen molar-refractivity contribution >= 4 is 47.1 Å². The number of carboxylic acids is 3. The normalized spacial score (nSPS) is 12.2.